The van der Waals surface area contributed by atoms with E-state index >= 15 is 0 Å². The molecule has 3 rings (SSSR count). The van der Waals surface area contributed by atoms with E-state index in [1.54, 1.807) is 24.3 Å². The maximum absolute atomic E-state index is 12.2. The van der Waals surface area contributed by atoms with Gasteiger partial charge in [-0.1, -0.05) is 18.2 Å². The number of hydrogen-bond acceptors (Lipinski definition) is 4. The van der Waals surface area contributed by atoms with Crippen LogP contribution >= 0.6 is 0 Å². The van der Waals surface area contributed by atoms with Crippen molar-refractivity contribution in [2.75, 3.05) is 13.3 Å². The zero-order chi connectivity index (χ0) is 11.3. The first-order valence-electron chi connectivity index (χ1n) is 5.19. The quantitative estimate of drug-likeness (QED) is 0.704. The van der Waals surface area contributed by atoms with Crippen LogP contribution in [0.25, 0.3) is 0 Å². The highest BCUT2D eigenvalue weighted by Gasteiger charge is 2.51. The van der Waals surface area contributed by atoms with Crippen LogP contribution in [0.3, 0.4) is 0 Å². The van der Waals surface area contributed by atoms with Gasteiger partial charge in [0.15, 0.2) is 0 Å². The van der Waals surface area contributed by atoms with Crippen LogP contribution in [0.2, 0.25) is 0 Å². The number of nitrogens with zero attached hydrogens (tertiary/aromatic N) is 3. The minimum atomic E-state index is -3.31. The first-order chi connectivity index (χ1) is 7.60. The van der Waals surface area contributed by atoms with Crippen LogP contribution in [0.4, 0.5) is 0 Å². The largest absolute Gasteiger partial charge is 0.245 e. The fraction of sp³-hybridized carbons (Fsp3) is 0.400. The van der Waals surface area contributed by atoms with Crippen molar-refractivity contribution in [3.05, 3.63) is 30.3 Å². The van der Waals surface area contributed by atoms with Gasteiger partial charge in [0.2, 0.25) is 10.0 Å². The topological polar surface area (TPSA) is 43.4 Å². The number of benzene rings is 1. The Hall–Kier alpha value is -0.950. The van der Waals surface area contributed by atoms with Crippen molar-refractivity contribution in [2.24, 2.45) is 0 Å². The highest BCUT2D eigenvalue weighted by atomic mass is 32.2. The van der Waals surface area contributed by atoms with Crippen LogP contribution in [-0.4, -0.2) is 42.2 Å². The van der Waals surface area contributed by atoms with Crippen molar-refractivity contribution >= 4 is 10.0 Å². The van der Waals surface area contributed by atoms with E-state index in [2.05, 4.69) is 6.92 Å². The van der Waals surface area contributed by atoms with Crippen molar-refractivity contribution in [1.82, 2.24) is 14.3 Å². The minimum absolute atomic E-state index is 0.367. The molecule has 2 aliphatic rings. The SMILES string of the molecule is CC1N2CN(S(=O)(=O)c3ccccc3)CN12. The van der Waals surface area contributed by atoms with Crippen LogP contribution in [0.15, 0.2) is 35.2 Å². The molecule has 5 nitrogen and oxygen atoms in total. The number of hydrogen-bond donors (Lipinski definition) is 0. The molecule has 86 valence electrons. The highest BCUT2D eigenvalue weighted by molar-refractivity contribution is 7.89. The average Bonchev–Trinajstić information content (AvgIpc) is 2.75. The van der Waals surface area contributed by atoms with Crippen LogP contribution in [0.5, 0.6) is 0 Å². The second-order valence-electron chi connectivity index (χ2n) is 4.06. The van der Waals surface area contributed by atoms with Crippen LogP contribution in [0, 0.1) is 0 Å². The highest BCUT2D eigenvalue weighted by Crippen LogP contribution is 2.34. The molecule has 0 aliphatic carbocycles. The van der Waals surface area contributed by atoms with Crippen molar-refractivity contribution in [1.29, 1.82) is 0 Å². The van der Waals surface area contributed by atoms with Gasteiger partial charge in [-0.3, -0.25) is 0 Å². The van der Waals surface area contributed by atoms with Crippen molar-refractivity contribution < 1.29 is 8.42 Å². The molecular weight excluding hydrogens is 226 g/mol. The number of hydrazine groups is 1. The van der Waals surface area contributed by atoms with E-state index in [1.807, 2.05) is 16.1 Å². The van der Waals surface area contributed by atoms with Gasteiger partial charge in [-0.25, -0.2) is 18.4 Å². The van der Waals surface area contributed by atoms with E-state index in [-0.39, 0.29) is 0 Å². The molecular formula is C10H13N3O2S. The van der Waals surface area contributed by atoms with Gasteiger partial charge in [0, 0.05) is 0 Å². The van der Waals surface area contributed by atoms with Gasteiger partial charge in [-0.2, -0.15) is 4.31 Å². The molecule has 0 bridgehead atoms. The maximum Gasteiger partial charge on any atom is 0.245 e. The van der Waals surface area contributed by atoms with Crippen molar-refractivity contribution in [3.63, 3.8) is 0 Å². The summed E-state index contributed by atoms with van der Waals surface area (Å²) in [5.41, 5.74) is 0. The molecule has 1 aromatic rings. The Bertz CT molecular complexity index is 490. The van der Waals surface area contributed by atoms with E-state index in [4.69, 9.17) is 0 Å². The van der Waals surface area contributed by atoms with E-state index < -0.39 is 10.0 Å². The van der Waals surface area contributed by atoms with Crippen LogP contribution < -0.4 is 0 Å². The molecule has 2 aliphatic heterocycles. The third kappa shape index (κ3) is 1.38. The molecule has 2 unspecified atom stereocenters. The maximum atomic E-state index is 12.2. The molecule has 6 heteroatoms. The van der Waals surface area contributed by atoms with Gasteiger partial charge in [-0.15, -0.1) is 0 Å². The van der Waals surface area contributed by atoms with Crippen molar-refractivity contribution in [3.8, 4) is 0 Å². The van der Waals surface area contributed by atoms with Gasteiger partial charge in [0.25, 0.3) is 0 Å². The molecule has 1 aromatic carbocycles. The molecule has 0 saturated carbocycles. The smallest absolute Gasteiger partial charge is 0.207 e. The van der Waals surface area contributed by atoms with Gasteiger partial charge in [0.05, 0.1) is 24.4 Å². The summed E-state index contributed by atoms with van der Waals surface area (Å²) in [7, 11) is -3.31. The van der Waals surface area contributed by atoms with Crippen molar-refractivity contribution in [2.45, 2.75) is 18.0 Å². The van der Waals surface area contributed by atoms with E-state index in [9.17, 15) is 8.42 Å². The molecule has 2 heterocycles. The molecule has 0 aromatic heterocycles. The predicted molar refractivity (Wildman–Crippen MR) is 58.3 cm³/mol. The van der Waals surface area contributed by atoms with Gasteiger partial charge >= 0.3 is 0 Å². The summed E-state index contributed by atoms with van der Waals surface area (Å²) in [4.78, 5) is 0.367. The van der Waals surface area contributed by atoms with E-state index in [1.165, 1.54) is 4.31 Å². The van der Waals surface area contributed by atoms with Crippen LogP contribution in [-0.2, 0) is 10.0 Å². The molecule has 0 amide bonds. The third-order valence-corrected chi connectivity index (χ3v) is 4.90. The minimum Gasteiger partial charge on any atom is -0.207 e. The first-order valence-corrected chi connectivity index (χ1v) is 6.63. The zero-order valence-corrected chi connectivity index (χ0v) is 9.76. The van der Waals surface area contributed by atoms with Crippen LogP contribution in [0.1, 0.15) is 6.92 Å². The molecule has 2 atom stereocenters. The Morgan fingerprint density at radius 2 is 1.69 bits per heavy atom. The Labute approximate surface area is 94.9 Å². The summed E-state index contributed by atoms with van der Waals surface area (Å²) in [5.74, 6) is 0. The van der Waals surface area contributed by atoms with E-state index in [0.29, 0.717) is 24.4 Å². The number of fused-ring (bicyclic) bond motifs is 1. The average molecular weight is 239 g/mol. The molecule has 2 fully saturated rings. The Kier molecular flexibility index (Phi) is 2.09. The fourth-order valence-corrected chi connectivity index (χ4v) is 3.36. The second kappa shape index (κ2) is 3.27. The van der Waals surface area contributed by atoms with Gasteiger partial charge < -0.3 is 0 Å². The lowest BCUT2D eigenvalue weighted by Gasteiger charge is -2.16. The summed E-state index contributed by atoms with van der Waals surface area (Å²) < 4.78 is 25.8. The zero-order valence-electron chi connectivity index (χ0n) is 8.94. The first kappa shape index (κ1) is 10.2. The second-order valence-corrected chi connectivity index (χ2v) is 6.00. The lowest BCUT2D eigenvalue weighted by atomic mass is 10.4. The van der Waals surface area contributed by atoms with Gasteiger partial charge in [-0.05, 0) is 19.1 Å². The lowest BCUT2D eigenvalue weighted by Crippen LogP contribution is -2.33. The third-order valence-electron chi connectivity index (χ3n) is 3.12. The molecule has 0 spiro atoms. The summed E-state index contributed by atoms with van der Waals surface area (Å²) >= 11 is 0. The molecule has 2 saturated heterocycles. The normalized spacial score (nSPS) is 33.7. The van der Waals surface area contributed by atoms with Gasteiger partial charge in [0.1, 0.15) is 0 Å². The summed E-state index contributed by atoms with van der Waals surface area (Å²) in [6.07, 6.45) is 0.391. The lowest BCUT2D eigenvalue weighted by molar-refractivity contribution is 0.380. The number of sulfonamides is 1. The Morgan fingerprint density at radius 3 is 2.25 bits per heavy atom. The monoisotopic (exact) mass is 239 g/mol. The molecule has 0 radical (unpaired) electrons. The molecule has 16 heavy (non-hydrogen) atoms. The standard InChI is InChI=1S/C10H13N3O2S/c1-9-12-7-11(8-13(9)12)16(14,15)10-5-3-2-4-6-10/h2-6,9H,7-8H2,1H3. The molecule has 0 N–H and O–H groups in total. The Balaban J connectivity index is 1.85. The number of rotatable bonds is 2. The Morgan fingerprint density at radius 1 is 1.12 bits per heavy atom. The predicted octanol–water partition coefficient (Wildman–Crippen LogP) is 0.484. The summed E-state index contributed by atoms with van der Waals surface area (Å²) in [6.45, 7) is 3.00. The summed E-state index contributed by atoms with van der Waals surface area (Å²) in [5, 5.41) is 4.06. The fourth-order valence-electron chi connectivity index (χ4n) is 2.02. The summed E-state index contributed by atoms with van der Waals surface area (Å²) in [6, 6.07) is 8.57. The van der Waals surface area contributed by atoms with E-state index in [0.717, 1.165) is 0 Å².